The lowest BCUT2D eigenvalue weighted by Crippen LogP contribution is -1.95. The van der Waals surface area contributed by atoms with Crippen LogP contribution in [0.5, 0.6) is 0 Å². The number of aromatic nitrogens is 3. The van der Waals surface area contributed by atoms with E-state index in [2.05, 4.69) is 10.2 Å². The molecule has 0 fully saturated rings. The van der Waals surface area contributed by atoms with E-state index in [1.54, 1.807) is 17.7 Å². The summed E-state index contributed by atoms with van der Waals surface area (Å²) in [7, 11) is 1.78. The van der Waals surface area contributed by atoms with Crippen LogP contribution >= 0.6 is 0 Å². The third kappa shape index (κ3) is 1.77. The number of hydrogen-bond donors (Lipinski definition) is 2. The summed E-state index contributed by atoms with van der Waals surface area (Å²) in [6, 6.07) is 7.80. The van der Waals surface area contributed by atoms with Gasteiger partial charge in [-0.3, -0.25) is 5.10 Å². The molecule has 0 unspecified atom stereocenters. The second-order valence-corrected chi connectivity index (χ2v) is 4.26. The number of carboxylic acids is 1. The van der Waals surface area contributed by atoms with Gasteiger partial charge in [-0.05, 0) is 24.3 Å². The molecule has 3 rings (SSSR count). The Bertz CT molecular complexity index is 788. The van der Waals surface area contributed by atoms with Crippen molar-refractivity contribution in [2.24, 2.45) is 7.05 Å². The normalized spacial score (nSPS) is 11.1. The predicted octanol–water partition coefficient (Wildman–Crippen LogP) is 2.41. The number of halogens is 1. The number of rotatable bonds is 2. The van der Waals surface area contributed by atoms with Crippen LogP contribution in [-0.2, 0) is 7.05 Å². The second kappa shape index (κ2) is 3.94. The Morgan fingerprint density at radius 3 is 2.84 bits per heavy atom. The lowest BCUT2D eigenvalue weighted by Gasteiger charge is -2.00. The summed E-state index contributed by atoms with van der Waals surface area (Å²) < 4.78 is 15.0. The van der Waals surface area contributed by atoms with Gasteiger partial charge in [0.1, 0.15) is 17.2 Å². The summed E-state index contributed by atoms with van der Waals surface area (Å²) in [4.78, 5) is 10.8. The maximum Gasteiger partial charge on any atom is 0.353 e. The molecule has 1 aromatic carbocycles. The molecule has 2 N–H and O–H groups in total. The monoisotopic (exact) mass is 259 g/mol. The van der Waals surface area contributed by atoms with Crippen molar-refractivity contribution < 1.29 is 14.3 Å². The zero-order chi connectivity index (χ0) is 13.6. The fraction of sp³-hybridized carbons (Fsp3) is 0.0769. The van der Waals surface area contributed by atoms with Crippen LogP contribution in [0.4, 0.5) is 4.39 Å². The van der Waals surface area contributed by atoms with Crippen LogP contribution in [0.25, 0.3) is 22.3 Å². The van der Waals surface area contributed by atoms with Crippen LogP contribution < -0.4 is 0 Å². The lowest BCUT2D eigenvalue weighted by atomic mass is 10.2. The van der Waals surface area contributed by atoms with E-state index < -0.39 is 5.97 Å². The Labute approximate surface area is 107 Å². The van der Waals surface area contributed by atoms with Crippen molar-refractivity contribution in [3.63, 3.8) is 0 Å². The molecule has 0 aliphatic heterocycles. The van der Waals surface area contributed by atoms with Crippen molar-refractivity contribution in [1.82, 2.24) is 14.8 Å². The molecular formula is C13H10FN3O2. The fourth-order valence-corrected chi connectivity index (χ4v) is 2.11. The minimum Gasteiger partial charge on any atom is -0.477 e. The number of carbonyl (C=O) groups is 1. The molecule has 0 spiro atoms. The Kier molecular flexibility index (Phi) is 2.38. The maximum absolute atomic E-state index is 13.2. The zero-order valence-corrected chi connectivity index (χ0v) is 10.0. The fourth-order valence-electron chi connectivity index (χ4n) is 2.11. The summed E-state index contributed by atoms with van der Waals surface area (Å²) in [5.41, 5.74) is 1.99. The molecule has 19 heavy (non-hydrogen) atoms. The standard InChI is InChI=1S/C13H10FN3O2/c1-17-11-5-8(14)3-2-7(11)4-12(17)9-6-10(13(18)19)16-15-9/h2-6H,1H3,(H,15,16)(H,18,19). The Balaban J connectivity index is 2.19. The average molecular weight is 259 g/mol. The summed E-state index contributed by atoms with van der Waals surface area (Å²) in [6.07, 6.45) is 0. The number of benzene rings is 1. The highest BCUT2D eigenvalue weighted by Gasteiger charge is 2.14. The third-order valence-electron chi connectivity index (χ3n) is 3.08. The molecule has 3 aromatic rings. The number of aryl methyl sites for hydroxylation is 1. The third-order valence-corrected chi connectivity index (χ3v) is 3.08. The second-order valence-electron chi connectivity index (χ2n) is 4.26. The van der Waals surface area contributed by atoms with E-state index in [1.165, 1.54) is 18.2 Å². The Morgan fingerprint density at radius 1 is 1.37 bits per heavy atom. The van der Waals surface area contributed by atoms with Crippen molar-refractivity contribution in [2.45, 2.75) is 0 Å². The van der Waals surface area contributed by atoms with Gasteiger partial charge in [-0.25, -0.2) is 9.18 Å². The number of hydrogen-bond acceptors (Lipinski definition) is 2. The predicted molar refractivity (Wildman–Crippen MR) is 67.4 cm³/mol. The van der Waals surface area contributed by atoms with E-state index in [0.29, 0.717) is 5.69 Å². The number of aromatic amines is 1. The minimum absolute atomic E-state index is 0.0198. The topological polar surface area (TPSA) is 70.9 Å². The van der Waals surface area contributed by atoms with Crippen molar-refractivity contribution in [3.05, 3.63) is 41.8 Å². The summed E-state index contributed by atoms with van der Waals surface area (Å²) in [5.74, 6) is -1.38. The van der Waals surface area contributed by atoms with E-state index in [-0.39, 0.29) is 11.5 Å². The molecule has 0 radical (unpaired) electrons. The van der Waals surface area contributed by atoms with Gasteiger partial charge >= 0.3 is 5.97 Å². The van der Waals surface area contributed by atoms with Gasteiger partial charge in [-0.1, -0.05) is 0 Å². The van der Waals surface area contributed by atoms with E-state index in [4.69, 9.17) is 5.11 Å². The van der Waals surface area contributed by atoms with Gasteiger partial charge < -0.3 is 9.67 Å². The molecule has 0 saturated carbocycles. The van der Waals surface area contributed by atoms with E-state index >= 15 is 0 Å². The quantitative estimate of drug-likeness (QED) is 0.742. The van der Waals surface area contributed by atoms with Gasteiger partial charge in [0, 0.05) is 18.5 Å². The number of nitrogens with zero attached hydrogens (tertiary/aromatic N) is 2. The van der Waals surface area contributed by atoms with Crippen molar-refractivity contribution in [3.8, 4) is 11.4 Å². The van der Waals surface area contributed by atoms with Gasteiger partial charge in [0.15, 0.2) is 0 Å². The lowest BCUT2D eigenvalue weighted by molar-refractivity contribution is 0.0690. The first-order valence-corrected chi connectivity index (χ1v) is 5.60. The first-order valence-electron chi connectivity index (χ1n) is 5.60. The van der Waals surface area contributed by atoms with E-state index in [1.807, 2.05) is 6.07 Å². The van der Waals surface area contributed by atoms with E-state index in [0.717, 1.165) is 16.6 Å². The molecule has 2 aromatic heterocycles. The van der Waals surface area contributed by atoms with Crippen LogP contribution in [0.1, 0.15) is 10.5 Å². The van der Waals surface area contributed by atoms with Crippen LogP contribution in [0.2, 0.25) is 0 Å². The highest BCUT2D eigenvalue weighted by Crippen LogP contribution is 2.26. The molecule has 0 bridgehead atoms. The molecule has 0 amide bonds. The molecule has 0 aliphatic carbocycles. The van der Waals surface area contributed by atoms with Gasteiger partial charge in [0.2, 0.25) is 0 Å². The van der Waals surface area contributed by atoms with Gasteiger partial charge in [0.05, 0.1) is 11.2 Å². The summed E-state index contributed by atoms with van der Waals surface area (Å²) in [5, 5.41) is 16.2. The molecule has 0 saturated heterocycles. The van der Waals surface area contributed by atoms with Gasteiger partial charge in [0.25, 0.3) is 0 Å². The number of nitrogens with one attached hydrogen (secondary N) is 1. The molecule has 0 aliphatic rings. The minimum atomic E-state index is -1.07. The Morgan fingerprint density at radius 2 is 2.16 bits per heavy atom. The summed E-state index contributed by atoms with van der Waals surface area (Å²) in [6.45, 7) is 0. The largest absolute Gasteiger partial charge is 0.477 e. The molecular weight excluding hydrogens is 249 g/mol. The number of H-pyrrole nitrogens is 1. The summed E-state index contributed by atoms with van der Waals surface area (Å²) >= 11 is 0. The van der Waals surface area contributed by atoms with Gasteiger partial charge in [-0.15, -0.1) is 0 Å². The molecule has 6 heteroatoms. The molecule has 96 valence electrons. The SMILES string of the molecule is Cn1c(-c2cc(C(=O)O)[nH]n2)cc2ccc(F)cc21. The Hall–Kier alpha value is -2.63. The first-order chi connectivity index (χ1) is 9.06. The molecule has 2 heterocycles. The van der Waals surface area contributed by atoms with Crippen molar-refractivity contribution in [2.75, 3.05) is 0 Å². The number of fused-ring (bicyclic) bond motifs is 1. The highest BCUT2D eigenvalue weighted by atomic mass is 19.1. The van der Waals surface area contributed by atoms with Crippen LogP contribution in [-0.4, -0.2) is 25.8 Å². The van der Waals surface area contributed by atoms with Crippen LogP contribution in [0.15, 0.2) is 30.3 Å². The van der Waals surface area contributed by atoms with Crippen LogP contribution in [0.3, 0.4) is 0 Å². The number of carboxylic acid groups (broad SMARTS) is 1. The number of aromatic carboxylic acids is 1. The smallest absolute Gasteiger partial charge is 0.353 e. The molecule has 5 nitrogen and oxygen atoms in total. The molecule has 0 atom stereocenters. The highest BCUT2D eigenvalue weighted by molar-refractivity contribution is 5.89. The van der Waals surface area contributed by atoms with Crippen molar-refractivity contribution in [1.29, 1.82) is 0 Å². The average Bonchev–Trinajstić information content (AvgIpc) is 2.95. The van der Waals surface area contributed by atoms with E-state index in [9.17, 15) is 9.18 Å². The zero-order valence-electron chi connectivity index (χ0n) is 10.0. The van der Waals surface area contributed by atoms with Crippen molar-refractivity contribution >= 4 is 16.9 Å². The first kappa shape index (κ1) is 11.5. The van der Waals surface area contributed by atoms with Gasteiger partial charge in [-0.2, -0.15) is 5.10 Å². The van der Waals surface area contributed by atoms with Crippen LogP contribution in [0, 0.1) is 5.82 Å². The maximum atomic E-state index is 13.2.